The molecule has 1 heterocycles. The van der Waals surface area contributed by atoms with Gasteiger partial charge in [-0.3, -0.25) is 14.4 Å². The van der Waals surface area contributed by atoms with Gasteiger partial charge in [0.2, 0.25) is 0 Å². The van der Waals surface area contributed by atoms with Gasteiger partial charge in [0.05, 0.1) is 0 Å². The lowest BCUT2D eigenvalue weighted by Gasteiger charge is -2.29. The summed E-state index contributed by atoms with van der Waals surface area (Å²) < 4.78 is 13.2. The van der Waals surface area contributed by atoms with Crippen molar-refractivity contribution in [3.05, 3.63) is 71.5 Å². The Bertz CT molecular complexity index is 858. The molecule has 1 fully saturated rings. The van der Waals surface area contributed by atoms with Gasteiger partial charge in [-0.25, -0.2) is 4.39 Å². The average molecular weight is 384 g/mol. The number of nitrogens with two attached hydrogens (primary N) is 1. The molecule has 146 valence electrons. The number of halogens is 1. The summed E-state index contributed by atoms with van der Waals surface area (Å²) in [6.45, 7) is 0.856. The SMILES string of the molecule is NCCNC(=O)C1N(C(=O)c2ccccc2)CCN1C(=O)c1ccc(F)cc1. The zero-order valence-corrected chi connectivity index (χ0v) is 15.2. The predicted molar refractivity (Wildman–Crippen MR) is 101 cm³/mol. The molecule has 2 aromatic rings. The zero-order valence-electron chi connectivity index (χ0n) is 15.2. The minimum atomic E-state index is -1.10. The molecule has 7 nitrogen and oxygen atoms in total. The monoisotopic (exact) mass is 384 g/mol. The van der Waals surface area contributed by atoms with Gasteiger partial charge in [-0.1, -0.05) is 18.2 Å². The molecule has 0 aromatic heterocycles. The minimum Gasteiger partial charge on any atom is -0.351 e. The molecule has 0 saturated carbocycles. The highest BCUT2D eigenvalue weighted by Crippen LogP contribution is 2.21. The number of benzene rings is 2. The normalized spacial score (nSPS) is 16.1. The highest BCUT2D eigenvalue weighted by molar-refractivity contribution is 6.02. The van der Waals surface area contributed by atoms with Crippen molar-refractivity contribution < 1.29 is 18.8 Å². The van der Waals surface area contributed by atoms with Crippen LogP contribution in [0.4, 0.5) is 4.39 Å². The lowest BCUT2D eigenvalue weighted by Crippen LogP contribution is -2.54. The van der Waals surface area contributed by atoms with E-state index in [9.17, 15) is 18.8 Å². The molecule has 0 bridgehead atoms. The van der Waals surface area contributed by atoms with Gasteiger partial charge in [0.1, 0.15) is 5.82 Å². The number of amides is 3. The maximum atomic E-state index is 13.2. The zero-order chi connectivity index (χ0) is 20.1. The fourth-order valence-corrected chi connectivity index (χ4v) is 3.13. The van der Waals surface area contributed by atoms with Crippen LogP contribution >= 0.6 is 0 Å². The van der Waals surface area contributed by atoms with E-state index in [0.29, 0.717) is 5.56 Å². The van der Waals surface area contributed by atoms with E-state index in [4.69, 9.17) is 5.73 Å². The molecule has 1 saturated heterocycles. The van der Waals surface area contributed by atoms with Crippen molar-refractivity contribution in [3.63, 3.8) is 0 Å². The molecule has 3 N–H and O–H groups in total. The lowest BCUT2D eigenvalue weighted by atomic mass is 10.1. The second kappa shape index (κ2) is 8.62. The van der Waals surface area contributed by atoms with Crippen LogP contribution in [0.3, 0.4) is 0 Å². The largest absolute Gasteiger partial charge is 0.351 e. The first kappa shape index (κ1) is 19.5. The van der Waals surface area contributed by atoms with Gasteiger partial charge in [0.25, 0.3) is 17.7 Å². The van der Waals surface area contributed by atoms with Crippen molar-refractivity contribution in [3.8, 4) is 0 Å². The van der Waals surface area contributed by atoms with E-state index >= 15 is 0 Å². The number of rotatable bonds is 5. The fourth-order valence-electron chi connectivity index (χ4n) is 3.13. The third-order valence-corrected chi connectivity index (χ3v) is 4.48. The van der Waals surface area contributed by atoms with Crippen molar-refractivity contribution in [1.29, 1.82) is 0 Å². The topological polar surface area (TPSA) is 95.7 Å². The van der Waals surface area contributed by atoms with E-state index in [2.05, 4.69) is 5.32 Å². The van der Waals surface area contributed by atoms with E-state index < -0.39 is 23.8 Å². The van der Waals surface area contributed by atoms with Crippen LogP contribution in [0.15, 0.2) is 54.6 Å². The average Bonchev–Trinajstić information content (AvgIpc) is 3.17. The first-order valence-corrected chi connectivity index (χ1v) is 8.93. The van der Waals surface area contributed by atoms with Crippen LogP contribution in [-0.4, -0.2) is 59.9 Å². The van der Waals surface area contributed by atoms with Gasteiger partial charge in [-0.15, -0.1) is 0 Å². The standard InChI is InChI=1S/C20H21FN4O3/c21-16-8-6-15(7-9-16)20(28)25-13-12-24(18(25)17(26)23-11-10-22)19(27)14-4-2-1-3-5-14/h1-9,18H,10-13,22H2,(H,23,26). The summed E-state index contributed by atoms with van der Waals surface area (Å²) in [6, 6.07) is 13.6. The van der Waals surface area contributed by atoms with Crippen molar-refractivity contribution in [2.45, 2.75) is 6.17 Å². The fraction of sp³-hybridized carbons (Fsp3) is 0.250. The van der Waals surface area contributed by atoms with E-state index in [0.717, 1.165) is 0 Å². The molecule has 1 unspecified atom stereocenters. The van der Waals surface area contributed by atoms with Crippen LogP contribution in [0, 0.1) is 5.82 Å². The molecular weight excluding hydrogens is 363 g/mol. The van der Waals surface area contributed by atoms with Crippen molar-refractivity contribution in [1.82, 2.24) is 15.1 Å². The van der Waals surface area contributed by atoms with Crippen LogP contribution in [0.2, 0.25) is 0 Å². The first-order valence-electron chi connectivity index (χ1n) is 8.93. The maximum absolute atomic E-state index is 13.2. The Morgan fingerprint density at radius 1 is 0.929 bits per heavy atom. The summed E-state index contributed by atoms with van der Waals surface area (Å²) in [7, 11) is 0. The number of nitrogens with one attached hydrogen (secondary N) is 1. The third-order valence-electron chi connectivity index (χ3n) is 4.48. The smallest absolute Gasteiger partial charge is 0.263 e. The molecule has 3 rings (SSSR count). The Morgan fingerprint density at radius 3 is 2.00 bits per heavy atom. The molecule has 3 amide bonds. The van der Waals surface area contributed by atoms with E-state index in [1.807, 2.05) is 0 Å². The van der Waals surface area contributed by atoms with E-state index in [1.165, 1.54) is 34.1 Å². The lowest BCUT2D eigenvalue weighted by molar-refractivity contribution is -0.128. The summed E-state index contributed by atoms with van der Waals surface area (Å²) in [6.07, 6.45) is -1.10. The van der Waals surface area contributed by atoms with Crippen molar-refractivity contribution in [2.75, 3.05) is 26.2 Å². The Kier molecular flexibility index (Phi) is 6.00. The summed E-state index contributed by atoms with van der Waals surface area (Å²) in [4.78, 5) is 41.3. The molecule has 1 atom stereocenters. The van der Waals surface area contributed by atoms with E-state index in [-0.39, 0.29) is 37.6 Å². The molecule has 2 aromatic carbocycles. The molecule has 28 heavy (non-hydrogen) atoms. The summed E-state index contributed by atoms with van der Waals surface area (Å²) in [5, 5.41) is 2.64. The van der Waals surface area contributed by atoms with Gasteiger partial charge in [0.15, 0.2) is 6.17 Å². The van der Waals surface area contributed by atoms with Crippen molar-refractivity contribution >= 4 is 17.7 Å². The number of carbonyl (C=O) groups is 3. The summed E-state index contributed by atoms with van der Waals surface area (Å²) >= 11 is 0. The van der Waals surface area contributed by atoms with Crippen LogP contribution in [0.25, 0.3) is 0 Å². The Morgan fingerprint density at radius 2 is 1.46 bits per heavy atom. The number of nitrogens with zero attached hydrogens (tertiary/aromatic N) is 2. The molecule has 0 spiro atoms. The third kappa shape index (κ3) is 4.01. The number of hydrogen-bond acceptors (Lipinski definition) is 4. The quantitative estimate of drug-likeness (QED) is 0.798. The Hall–Kier alpha value is -3.26. The highest BCUT2D eigenvalue weighted by Gasteiger charge is 2.42. The summed E-state index contributed by atoms with van der Waals surface area (Å²) in [5.74, 6) is -1.74. The summed E-state index contributed by atoms with van der Waals surface area (Å²) in [5.41, 5.74) is 6.12. The Labute approximate surface area is 161 Å². The van der Waals surface area contributed by atoms with Gasteiger partial charge < -0.3 is 20.9 Å². The molecule has 0 aliphatic carbocycles. The Balaban J connectivity index is 1.89. The molecule has 0 radical (unpaired) electrons. The van der Waals surface area contributed by atoms with Crippen LogP contribution in [0.5, 0.6) is 0 Å². The molecule has 1 aliphatic heterocycles. The molecule has 1 aliphatic rings. The minimum absolute atomic E-state index is 0.190. The number of hydrogen-bond donors (Lipinski definition) is 2. The number of carbonyl (C=O) groups excluding carboxylic acids is 3. The first-order chi connectivity index (χ1) is 13.5. The van der Waals surface area contributed by atoms with Crippen LogP contribution in [-0.2, 0) is 4.79 Å². The predicted octanol–water partition coefficient (Wildman–Crippen LogP) is 0.825. The van der Waals surface area contributed by atoms with Crippen LogP contribution < -0.4 is 11.1 Å². The van der Waals surface area contributed by atoms with Gasteiger partial charge in [0, 0.05) is 37.3 Å². The second-order valence-corrected chi connectivity index (χ2v) is 6.32. The van der Waals surface area contributed by atoms with Gasteiger partial charge in [-0.2, -0.15) is 0 Å². The van der Waals surface area contributed by atoms with Gasteiger partial charge >= 0.3 is 0 Å². The van der Waals surface area contributed by atoms with Crippen LogP contribution in [0.1, 0.15) is 20.7 Å². The van der Waals surface area contributed by atoms with Crippen molar-refractivity contribution in [2.24, 2.45) is 5.73 Å². The molecule has 8 heteroatoms. The highest BCUT2D eigenvalue weighted by atomic mass is 19.1. The van der Waals surface area contributed by atoms with E-state index in [1.54, 1.807) is 30.3 Å². The second-order valence-electron chi connectivity index (χ2n) is 6.32. The maximum Gasteiger partial charge on any atom is 0.263 e. The van der Waals surface area contributed by atoms with Gasteiger partial charge in [-0.05, 0) is 36.4 Å². The molecular formula is C20H21FN4O3.